The van der Waals surface area contributed by atoms with E-state index in [1.165, 1.54) is 5.56 Å². The number of benzene rings is 1. The summed E-state index contributed by atoms with van der Waals surface area (Å²) in [6.07, 6.45) is 0.713. The number of hydrogen-bond donors (Lipinski definition) is 2. The van der Waals surface area contributed by atoms with Crippen molar-refractivity contribution in [2.75, 3.05) is 39.3 Å². The van der Waals surface area contributed by atoms with Gasteiger partial charge in [-0.05, 0) is 38.6 Å². The van der Waals surface area contributed by atoms with Gasteiger partial charge in [-0.1, -0.05) is 17.7 Å². The summed E-state index contributed by atoms with van der Waals surface area (Å²) in [6.45, 7) is 7.22. The van der Waals surface area contributed by atoms with Gasteiger partial charge in [-0.2, -0.15) is 0 Å². The molecule has 0 aliphatic carbocycles. The number of nitrogens with zero attached hydrogens (tertiary/aromatic N) is 1. The highest BCUT2D eigenvalue weighted by atomic mass is 16.5. The molecule has 4 nitrogen and oxygen atoms in total. The maximum atomic E-state index is 10.0. The molecule has 2 N–H and O–H groups in total. The average Bonchev–Trinajstić information content (AvgIpc) is 2.67. The zero-order valence-electron chi connectivity index (χ0n) is 11.6. The standard InChI is InChI=1S/C15H24N2O2/c1-13-3-5-15(6-4-13)19-12-14(18)11-17-9-2-7-16-8-10-17/h3-6,14,16,18H,2,7-12H2,1H3/t14-/m1/s1. The van der Waals surface area contributed by atoms with Gasteiger partial charge in [0.05, 0.1) is 0 Å². The summed E-state index contributed by atoms with van der Waals surface area (Å²) in [5.74, 6) is 0.821. The Balaban J connectivity index is 1.71. The van der Waals surface area contributed by atoms with E-state index in [0.29, 0.717) is 13.2 Å². The zero-order chi connectivity index (χ0) is 13.5. The van der Waals surface area contributed by atoms with E-state index in [2.05, 4.69) is 10.2 Å². The van der Waals surface area contributed by atoms with Gasteiger partial charge in [-0.15, -0.1) is 0 Å². The first-order chi connectivity index (χ1) is 9.24. The molecule has 1 fully saturated rings. The number of aliphatic hydroxyl groups is 1. The number of ether oxygens (including phenoxy) is 1. The molecule has 1 aromatic rings. The van der Waals surface area contributed by atoms with E-state index in [1.807, 2.05) is 31.2 Å². The molecule has 1 aliphatic rings. The number of aryl methyl sites for hydroxylation is 1. The van der Waals surface area contributed by atoms with Crippen molar-refractivity contribution in [3.05, 3.63) is 29.8 Å². The largest absolute Gasteiger partial charge is 0.491 e. The second kappa shape index (κ2) is 7.48. The topological polar surface area (TPSA) is 44.7 Å². The fourth-order valence-electron chi connectivity index (χ4n) is 2.26. The minimum absolute atomic E-state index is 0.354. The molecule has 0 bridgehead atoms. The number of hydrogen-bond acceptors (Lipinski definition) is 4. The van der Waals surface area contributed by atoms with Gasteiger partial charge in [0.25, 0.3) is 0 Å². The molecule has 0 aromatic heterocycles. The molecule has 0 saturated carbocycles. The molecule has 4 heteroatoms. The van der Waals surface area contributed by atoms with Crippen LogP contribution in [-0.4, -0.2) is 55.4 Å². The fourth-order valence-corrected chi connectivity index (χ4v) is 2.26. The van der Waals surface area contributed by atoms with Crippen molar-refractivity contribution >= 4 is 0 Å². The Morgan fingerprint density at radius 1 is 1.26 bits per heavy atom. The van der Waals surface area contributed by atoms with Crippen LogP contribution in [0.15, 0.2) is 24.3 Å². The molecule has 0 unspecified atom stereocenters. The molecule has 1 aliphatic heterocycles. The van der Waals surface area contributed by atoms with Crippen molar-refractivity contribution in [1.29, 1.82) is 0 Å². The fraction of sp³-hybridized carbons (Fsp3) is 0.600. The van der Waals surface area contributed by atoms with E-state index in [1.54, 1.807) is 0 Å². The van der Waals surface area contributed by atoms with Crippen molar-refractivity contribution < 1.29 is 9.84 Å². The van der Waals surface area contributed by atoms with Crippen molar-refractivity contribution in [1.82, 2.24) is 10.2 Å². The summed E-state index contributed by atoms with van der Waals surface area (Å²) < 4.78 is 5.60. The summed E-state index contributed by atoms with van der Waals surface area (Å²) in [7, 11) is 0. The highest BCUT2D eigenvalue weighted by Gasteiger charge is 2.13. The normalized spacial score (nSPS) is 18.8. The zero-order valence-corrected chi connectivity index (χ0v) is 11.6. The van der Waals surface area contributed by atoms with Crippen LogP contribution in [-0.2, 0) is 0 Å². The molecule has 1 saturated heterocycles. The minimum Gasteiger partial charge on any atom is -0.491 e. The van der Waals surface area contributed by atoms with Crippen molar-refractivity contribution in [3.63, 3.8) is 0 Å². The SMILES string of the molecule is Cc1ccc(OC[C@H](O)CN2CCCNCC2)cc1. The highest BCUT2D eigenvalue weighted by Crippen LogP contribution is 2.11. The summed E-state index contributed by atoms with van der Waals surface area (Å²) in [4.78, 5) is 2.29. The van der Waals surface area contributed by atoms with E-state index in [0.717, 1.165) is 38.3 Å². The smallest absolute Gasteiger partial charge is 0.119 e. The predicted molar refractivity (Wildman–Crippen MR) is 76.6 cm³/mol. The molecule has 19 heavy (non-hydrogen) atoms. The lowest BCUT2D eigenvalue weighted by Crippen LogP contribution is -2.37. The van der Waals surface area contributed by atoms with Crippen LogP contribution >= 0.6 is 0 Å². The first-order valence-corrected chi connectivity index (χ1v) is 7.04. The van der Waals surface area contributed by atoms with E-state index >= 15 is 0 Å². The first-order valence-electron chi connectivity index (χ1n) is 7.04. The lowest BCUT2D eigenvalue weighted by atomic mass is 10.2. The van der Waals surface area contributed by atoms with E-state index < -0.39 is 6.10 Å². The lowest BCUT2D eigenvalue weighted by Gasteiger charge is -2.22. The average molecular weight is 264 g/mol. The summed E-state index contributed by atoms with van der Waals surface area (Å²) >= 11 is 0. The van der Waals surface area contributed by atoms with Gasteiger partial charge in [0, 0.05) is 19.6 Å². The predicted octanol–water partition coefficient (Wildman–Crippen LogP) is 1.03. The summed E-state index contributed by atoms with van der Waals surface area (Å²) in [5, 5.41) is 13.4. The van der Waals surface area contributed by atoms with Crippen LogP contribution in [0.4, 0.5) is 0 Å². The first kappa shape index (κ1) is 14.3. The molecule has 0 amide bonds. The maximum absolute atomic E-state index is 10.0. The van der Waals surface area contributed by atoms with Gasteiger partial charge in [0.1, 0.15) is 18.5 Å². The molecule has 106 valence electrons. The lowest BCUT2D eigenvalue weighted by molar-refractivity contribution is 0.0703. The van der Waals surface area contributed by atoms with Crippen LogP contribution in [0.25, 0.3) is 0 Å². The Hall–Kier alpha value is -1.10. The molecule has 1 aromatic carbocycles. The van der Waals surface area contributed by atoms with Gasteiger partial charge in [-0.25, -0.2) is 0 Å². The third-order valence-electron chi connectivity index (χ3n) is 3.37. The van der Waals surface area contributed by atoms with Crippen LogP contribution in [0.5, 0.6) is 5.75 Å². The van der Waals surface area contributed by atoms with Gasteiger partial charge in [0.2, 0.25) is 0 Å². The number of β-amino-alcohol motifs (C(OH)–C–C–N with tert-alkyl or cyclic N) is 1. The van der Waals surface area contributed by atoms with Crippen LogP contribution in [0.2, 0.25) is 0 Å². The number of nitrogens with one attached hydrogen (secondary N) is 1. The Kier molecular flexibility index (Phi) is 5.63. The third kappa shape index (κ3) is 5.19. The second-order valence-corrected chi connectivity index (χ2v) is 5.18. The van der Waals surface area contributed by atoms with E-state index in [4.69, 9.17) is 4.74 Å². The Bertz CT molecular complexity index is 359. The van der Waals surface area contributed by atoms with Crippen molar-refractivity contribution in [2.45, 2.75) is 19.4 Å². The number of rotatable bonds is 5. The van der Waals surface area contributed by atoms with Gasteiger partial charge < -0.3 is 15.2 Å². The quantitative estimate of drug-likeness (QED) is 0.834. The maximum Gasteiger partial charge on any atom is 0.119 e. The molecule has 1 heterocycles. The van der Waals surface area contributed by atoms with Crippen LogP contribution < -0.4 is 10.1 Å². The molecule has 0 radical (unpaired) electrons. The Morgan fingerprint density at radius 2 is 2.05 bits per heavy atom. The Morgan fingerprint density at radius 3 is 2.84 bits per heavy atom. The third-order valence-corrected chi connectivity index (χ3v) is 3.37. The minimum atomic E-state index is -0.431. The molecular formula is C15H24N2O2. The van der Waals surface area contributed by atoms with Gasteiger partial charge >= 0.3 is 0 Å². The highest BCUT2D eigenvalue weighted by molar-refractivity contribution is 5.26. The van der Waals surface area contributed by atoms with E-state index in [9.17, 15) is 5.11 Å². The van der Waals surface area contributed by atoms with Crippen LogP contribution in [0.1, 0.15) is 12.0 Å². The molecular weight excluding hydrogens is 240 g/mol. The molecule has 1 atom stereocenters. The van der Waals surface area contributed by atoms with E-state index in [-0.39, 0.29) is 0 Å². The monoisotopic (exact) mass is 264 g/mol. The van der Waals surface area contributed by atoms with Crippen molar-refractivity contribution in [3.8, 4) is 5.75 Å². The summed E-state index contributed by atoms with van der Waals surface area (Å²) in [5.41, 5.74) is 1.21. The summed E-state index contributed by atoms with van der Waals surface area (Å²) in [6, 6.07) is 7.92. The number of aliphatic hydroxyl groups excluding tert-OH is 1. The molecule has 0 spiro atoms. The second-order valence-electron chi connectivity index (χ2n) is 5.18. The Labute approximate surface area is 115 Å². The van der Waals surface area contributed by atoms with Gasteiger partial charge in [0.15, 0.2) is 0 Å². The van der Waals surface area contributed by atoms with Crippen LogP contribution in [0, 0.1) is 6.92 Å². The molecule has 2 rings (SSSR count). The van der Waals surface area contributed by atoms with Crippen molar-refractivity contribution in [2.24, 2.45) is 0 Å². The van der Waals surface area contributed by atoms with Gasteiger partial charge in [-0.3, -0.25) is 4.90 Å². The van der Waals surface area contributed by atoms with Crippen LogP contribution in [0.3, 0.4) is 0 Å².